The van der Waals surface area contributed by atoms with Crippen LogP contribution in [0, 0.1) is 5.41 Å². The summed E-state index contributed by atoms with van der Waals surface area (Å²) in [5.41, 5.74) is 3.22. The van der Waals surface area contributed by atoms with E-state index in [-0.39, 0.29) is 11.3 Å². The van der Waals surface area contributed by atoms with Crippen LogP contribution in [0.1, 0.15) is 40.0 Å². The molecule has 1 saturated heterocycles. The van der Waals surface area contributed by atoms with Gasteiger partial charge in [0, 0.05) is 19.5 Å². The van der Waals surface area contributed by atoms with Gasteiger partial charge in [-0.1, -0.05) is 20.8 Å². The van der Waals surface area contributed by atoms with Crippen LogP contribution in [0.25, 0.3) is 0 Å². The lowest BCUT2D eigenvalue weighted by Gasteiger charge is -2.30. The highest BCUT2D eigenvalue weighted by atomic mass is 16.2. The van der Waals surface area contributed by atoms with E-state index in [1.807, 2.05) is 0 Å². The van der Waals surface area contributed by atoms with Crippen molar-refractivity contribution in [3.8, 4) is 0 Å². The van der Waals surface area contributed by atoms with E-state index in [1.165, 1.54) is 6.42 Å². The van der Waals surface area contributed by atoms with Gasteiger partial charge in [0.1, 0.15) is 0 Å². The highest BCUT2D eigenvalue weighted by Crippen LogP contribution is 2.19. The van der Waals surface area contributed by atoms with E-state index in [2.05, 4.69) is 26.2 Å². The van der Waals surface area contributed by atoms with Gasteiger partial charge >= 0.3 is 0 Å². The summed E-state index contributed by atoms with van der Waals surface area (Å²) in [6.07, 6.45) is 2.93. The number of carbonyl (C=O) groups excluding carboxylic acids is 1. The second-order valence-electron chi connectivity index (χ2n) is 4.90. The largest absolute Gasteiger partial charge is 0.278 e. The number of nitrogens with one attached hydrogen (secondary N) is 1. The third kappa shape index (κ3) is 3.77. The maximum atomic E-state index is 11.7. The maximum Gasteiger partial charge on any atom is 0.237 e. The van der Waals surface area contributed by atoms with Gasteiger partial charge in [0.2, 0.25) is 5.91 Å². The molecular formula is C10H20N2O. The number of hydrogen-bond acceptors (Lipinski definition) is 2. The van der Waals surface area contributed by atoms with Crippen molar-refractivity contribution in [3.63, 3.8) is 0 Å². The Balaban J connectivity index is 2.38. The molecule has 3 heteroatoms. The summed E-state index contributed by atoms with van der Waals surface area (Å²) in [4.78, 5) is 11.7. The predicted octanol–water partition coefficient (Wildman–Crippen LogP) is 1.55. The summed E-state index contributed by atoms with van der Waals surface area (Å²) in [6.45, 7) is 8.09. The van der Waals surface area contributed by atoms with Crippen molar-refractivity contribution in [2.75, 3.05) is 13.1 Å². The van der Waals surface area contributed by atoms with Crippen LogP contribution in [0.4, 0.5) is 0 Å². The fraction of sp³-hybridized carbons (Fsp3) is 0.900. The van der Waals surface area contributed by atoms with Crippen molar-refractivity contribution in [3.05, 3.63) is 0 Å². The number of amides is 1. The van der Waals surface area contributed by atoms with E-state index in [0.717, 1.165) is 19.5 Å². The Kier molecular flexibility index (Phi) is 3.31. The molecule has 0 radical (unpaired) electrons. The highest BCUT2D eigenvalue weighted by Gasteiger charge is 2.22. The Morgan fingerprint density at radius 3 is 2.54 bits per heavy atom. The maximum absolute atomic E-state index is 11.7. The SMILES string of the molecule is CC(C)(C)CC(=O)N1CCCCN1. The fourth-order valence-electron chi connectivity index (χ4n) is 1.45. The normalized spacial score (nSPS) is 18.8. The van der Waals surface area contributed by atoms with Crippen molar-refractivity contribution >= 4 is 5.91 Å². The first-order valence-electron chi connectivity index (χ1n) is 5.03. The van der Waals surface area contributed by atoms with Crippen molar-refractivity contribution < 1.29 is 4.79 Å². The standard InChI is InChI=1S/C10H20N2O/c1-10(2,3)8-9(13)12-7-5-4-6-11-12/h11H,4-8H2,1-3H3. The minimum atomic E-state index is 0.0935. The third-order valence-corrected chi connectivity index (χ3v) is 2.09. The van der Waals surface area contributed by atoms with Gasteiger partial charge in [0.25, 0.3) is 0 Å². The molecule has 0 saturated carbocycles. The van der Waals surface area contributed by atoms with Crippen LogP contribution in [0.15, 0.2) is 0 Å². The number of hydrazine groups is 1. The molecule has 1 fully saturated rings. The van der Waals surface area contributed by atoms with E-state index < -0.39 is 0 Å². The first kappa shape index (κ1) is 10.5. The Labute approximate surface area is 80.5 Å². The molecular weight excluding hydrogens is 164 g/mol. The second-order valence-corrected chi connectivity index (χ2v) is 4.90. The lowest BCUT2D eigenvalue weighted by Crippen LogP contribution is -2.47. The fourth-order valence-corrected chi connectivity index (χ4v) is 1.45. The van der Waals surface area contributed by atoms with Gasteiger partial charge in [-0.2, -0.15) is 0 Å². The monoisotopic (exact) mass is 184 g/mol. The molecule has 76 valence electrons. The number of nitrogens with zero attached hydrogens (tertiary/aromatic N) is 1. The van der Waals surface area contributed by atoms with Crippen LogP contribution in [0.5, 0.6) is 0 Å². The summed E-state index contributed by atoms with van der Waals surface area (Å²) in [7, 11) is 0. The zero-order chi connectivity index (χ0) is 9.90. The van der Waals surface area contributed by atoms with Crippen LogP contribution >= 0.6 is 0 Å². The molecule has 0 spiro atoms. The second kappa shape index (κ2) is 4.09. The topological polar surface area (TPSA) is 32.3 Å². The summed E-state index contributed by atoms with van der Waals surface area (Å²) in [6, 6.07) is 0. The molecule has 13 heavy (non-hydrogen) atoms. The van der Waals surface area contributed by atoms with E-state index in [4.69, 9.17) is 0 Å². The molecule has 1 rings (SSSR count). The Morgan fingerprint density at radius 1 is 1.38 bits per heavy atom. The van der Waals surface area contributed by atoms with E-state index >= 15 is 0 Å². The molecule has 3 nitrogen and oxygen atoms in total. The van der Waals surface area contributed by atoms with E-state index in [1.54, 1.807) is 5.01 Å². The van der Waals surface area contributed by atoms with Crippen molar-refractivity contribution in [1.29, 1.82) is 0 Å². The van der Waals surface area contributed by atoms with Crippen molar-refractivity contribution in [2.45, 2.75) is 40.0 Å². The predicted molar refractivity (Wildman–Crippen MR) is 53.0 cm³/mol. The third-order valence-electron chi connectivity index (χ3n) is 2.09. The van der Waals surface area contributed by atoms with Crippen LogP contribution < -0.4 is 5.43 Å². The van der Waals surface area contributed by atoms with Gasteiger partial charge in [0.15, 0.2) is 0 Å². The van der Waals surface area contributed by atoms with Gasteiger partial charge < -0.3 is 0 Å². The quantitative estimate of drug-likeness (QED) is 0.670. The molecule has 1 amide bonds. The molecule has 0 atom stereocenters. The van der Waals surface area contributed by atoms with Crippen LogP contribution in [0.2, 0.25) is 0 Å². The highest BCUT2D eigenvalue weighted by molar-refractivity contribution is 5.76. The van der Waals surface area contributed by atoms with Crippen molar-refractivity contribution in [1.82, 2.24) is 10.4 Å². The molecule has 0 aromatic heterocycles. The Morgan fingerprint density at radius 2 is 2.08 bits per heavy atom. The number of rotatable bonds is 1. The average Bonchev–Trinajstić information content (AvgIpc) is 2.03. The molecule has 0 aliphatic carbocycles. The van der Waals surface area contributed by atoms with Gasteiger partial charge in [-0.3, -0.25) is 9.80 Å². The lowest BCUT2D eigenvalue weighted by atomic mass is 9.92. The van der Waals surface area contributed by atoms with E-state index in [9.17, 15) is 4.79 Å². The summed E-state index contributed by atoms with van der Waals surface area (Å²) < 4.78 is 0. The van der Waals surface area contributed by atoms with Gasteiger partial charge in [0.05, 0.1) is 0 Å². The lowest BCUT2D eigenvalue weighted by molar-refractivity contribution is -0.137. The van der Waals surface area contributed by atoms with E-state index in [0.29, 0.717) is 6.42 Å². The molecule has 1 N–H and O–H groups in total. The smallest absolute Gasteiger partial charge is 0.237 e. The Hall–Kier alpha value is -0.570. The van der Waals surface area contributed by atoms with Gasteiger partial charge in [-0.05, 0) is 18.3 Å². The molecule has 1 aliphatic rings. The molecule has 1 aliphatic heterocycles. The zero-order valence-corrected chi connectivity index (χ0v) is 8.89. The molecule has 0 bridgehead atoms. The van der Waals surface area contributed by atoms with Gasteiger partial charge in [-0.25, -0.2) is 5.43 Å². The minimum Gasteiger partial charge on any atom is -0.278 e. The molecule has 0 aromatic rings. The number of carbonyl (C=O) groups is 1. The summed E-state index contributed by atoms with van der Waals surface area (Å²) in [5.74, 6) is 0.229. The van der Waals surface area contributed by atoms with Crippen LogP contribution in [-0.2, 0) is 4.79 Å². The number of hydrogen-bond donors (Lipinski definition) is 1. The van der Waals surface area contributed by atoms with Gasteiger partial charge in [-0.15, -0.1) is 0 Å². The Bertz CT molecular complexity index is 178. The van der Waals surface area contributed by atoms with Crippen molar-refractivity contribution in [2.24, 2.45) is 5.41 Å². The molecule has 1 heterocycles. The first-order chi connectivity index (χ1) is 5.99. The summed E-state index contributed by atoms with van der Waals surface area (Å²) in [5, 5.41) is 1.77. The zero-order valence-electron chi connectivity index (χ0n) is 8.89. The average molecular weight is 184 g/mol. The first-order valence-corrected chi connectivity index (χ1v) is 5.03. The summed E-state index contributed by atoms with van der Waals surface area (Å²) >= 11 is 0. The molecule has 0 unspecified atom stereocenters. The molecule has 0 aromatic carbocycles. The van der Waals surface area contributed by atoms with Crippen LogP contribution in [-0.4, -0.2) is 24.0 Å². The van der Waals surface area contributed by atoms with Crippen LogP contribution in [0.3, 0.4) is 0 Å². The minimum absolute atomic E-state index is 0.0935.